The molecule has 0 aliphatic heterocycles. The van der Waals surface area contributed by atoms with E-state index in [0.717, 1.165) is 0 Å². The molecule has 2 rings (SSSR count). The van der Waals surface area contributed by atoms with Crippen LogP contribution in [0.4, 0.5) is 4.39 Å². The summed E-state index contributed by atoms with van der Waals surface area (Å²) in [4.78, 5) is 24.9. The van der Waals surface area contributed by atoms with E-state index in [4.69, 9.17) is 9.47 Å². The van der Waals surface area contributed by atoms with Gasteiger partial charge in [0.25, 0.3) is 11.8 Å². The smallest absolute Gasteiger partial charge is 0.262 e. The number of hydrazone groups is 1. The average molecular weight is 480 g/mol. The first-order valence-corrected chi connectivity index (χ1v) is 9.87. The molecule has 2 aromatic rings. The number of amides is 2. The zero-order valence-corrected chi connectivity index (χ0v) is 18.6. The van der Waals surface area contributed by atoms with E-state index >= 15 is 0 Å². The Bertz CT molecular complexity index is 933. The highest BCUT2D eigenvalue weighted by Crippen LogP contribution is 2.35. The Labute approximate surface area is 182 Å². The van der Waals surface area contributed by atoms with E-state index in [1.165, 1.54) is 44.7 Å². The van der Waals surface area contributed by atoms with Crippen molar-refractivity contribution in [1.29, 1.82) is 0 Å². The second kappa shape index (κ2) is 10.7. The number of methoxy groups -OCH3 is 2. The Morgan fingerprint density at radius 1 is 1.13 bits per heavy atom. The van der Waals surface area contributed by atoms with Gasteiger partial charge in [0.1, 0.15) is 11.9 Å². The molecule has 160 valence electrons. The Balaban J connectivity index is 2.07. The third-order valence-electron chi connectivity index (χ3n) is 4.19. The maximum Gasteiger partial charge on any atom is 0.262 e. The number of carbonyl (C=O) groups is 2. The molecular formula is C21H23BrFN3O4. The summed E-state index contributed by atoms with van der Waals surface area (Å²) in [5.74, 6) is -0.540. The number of halogens is 2. The first-order chi connectivity index (χ1) is 14.3. The van der Waals surface area contributed by atoms with E-state index in [0.29, 0.717) is 21.5 Å². The molecule has 0 saturated heterocycles. The molecule has 2 N–H and O–H groups in total. The van der Waals surface area contributed by atoms with Gasteiger partial charge in [-0.3, -0.25) is 9.59 Å². The molecular weight excluding hydrogens is 457 g/mol. The van der Waals surface area contributed by atoms with Gasteiger partial charge < -0.3 is 14.8 Å². The molecule has 7 nitrogen and oxygen atoms in total. The first-order valence-electron chi connectivity index (χ1n) is 9.07. The predicted octanol–water partition coefficient (Wildman–Crippen LogP) is 3.51. The first kappa shape index (κ1) is 23.3. The minimum Gasteiger partial charge on any atom is -0.493 e. The maximum atomic E-state index is 13.0. The van der Waals surface area contributed by atoms with Gasteiger partial charge in [0, 0.05) is 5.56 Å². The van der Waals surface area contributed by atoms with Crippen molar-refractivity contribution < 1.29 is 23.5 Å². The zero-order chi connectivity index (χ0) is 22.3. The lowest BCUT2D eigenvalue weighted by Gasteiger charge is -2.20. The Kier molecular flexibility index (Phi) is 8.35. The second-order valence-corrected chi connectivity index (χ2v) is 7.53. The van der Waals surface area contributed by atoms with Crippen LogP contribution >= 0.6 is 15.9 Å². The number of hydrogen-bond donors (Lipinski definition) is 2. The predicted molar refractivity (Wildman–Crippen MR) is 115 cm³/mol. The number of ether oxygens (including phenoxy) is 2. The molecule has 2 amide bonds. The lowest BCUT2D eigenvalue weighted by atomic mass is 10.0. The van der Waals surface area contributed by atoms with Gasteiger partial charge in [0.15, 0.2) is 11.5 Å². The van der Waals surface area contributed by atoms with Crippen molar-refractivity contribution in [3.05, 3.63) is 57.8 Å². The minimum atomic E-state index is -0.822. The summed E-state index contributed by atoms with van der Waals surface area (Å²) in [6.45, 7) is 3.59. The second-order valence-electron chi connectivity index (χ2n) is 6.67. The summed E-state index contributed by atoms with van der Waals surface area (Å²) < 4.78 is 24.2. The van der Waals surface area contributed by atoms with Crippen molar-refractivity contribution in [2.75, 3.05) is 14.2 Å². The number of nitrogens with one attached hydrogen (secondary N) is 2. The third kappa shape index (κ3) is 6.03. The molecule has 0 bridgehead atoms. The van der Waals surface area contributed by atoms with Crippen molar-refractivity contribution in [2.24, 2.45) is 11.0 Å². The van der Waals surface area contributed by atoms with Crippen LogP contribution in [-0.2, 0) is 4.79 Å². The normalized spacial score (nSPS) is 12.0. The van der Waals surface area contributed by atoms with Crippen LogP contribution in [0.2, 0.25) is 0 Å². The highest BCUT2D eigenvalue weighted by atomic mass is 79.9. The summed E-state index contributed by atoms with van der Waals surface area (Å²) >= 11 is 3.39. The summed E-state index contributed by atoms with van der Waals surface area (Å²) in [7, 11) is 3.05. The van der Waals surface area contributed by atoms with E-state index in [9.17, 15) is 14.0 Å². The van der Waals surface area contributed by atoms with Crippen LogP contribution in [0.15, 0.2) is 46.0 Å². The largest absolute Gasteiger partial charge is 0.493 e. The van der Waals surface area contributed by atoms with E-state index < -0.39 is 23.7 Å². The number of hydrogen-bond acceptors (Lipinski definition) is 5. The van der Waals surface area contributed by atoms with E-state index in [1.807, 2.05) is 0 Å². The summed E-state index contributed by atoms with van der Waals surface area (Å²) in [6.07, 6.45) is 1.45. The monoisotopic (exact) mass is 479 g/mol. The van der Waals surface area contributed by atoms with Crippen molar-refractivity contribution >= 4 is 34.0 Å². The molecule has 1 atom stereocenters. The molecule has 0 aliphatic rings. The van der Waals surface area contributed by atoms with Gasteiger partial charge in [-0.1, -0.05) is 13.8 Å². The molecule has 0 saturated carbocycles. The lowest BCUT2D eigenvalue weighted by Crippen LogP contribution is -2.48. The van der Waals surface area contributed by atoms with Gasteiger partial charge in [0.05, 0.1) is 24.9 Å². The summed E-state index contributed by atoms with van der Waals surface area (Å²) in [5.41, 5.74) is 3.35. The summed E-state index contributed by atoms with van der Waals surface area (Å²) in [6, 6.07) is 7.72. The number of benzene rings is 2. The van der Waals surface area contributed by atoms with Gasteiger partial charge in [-0.15, -0.1) is 0 Å². The van der Waals surface area contributed by atoms with Crippen LogP contribution in [0.5, 0.6) is 11.5 Å². The molecule has 0 aromatic heterocycles. The van der Waals surface area contributed by atoms with Crippen molar-refractivity contribution in [3.8, 4) is 11.5 Å². The van der Waals surface area contributed by atoms with Gasteiger partial charge >= 0.3 is 0 Å². The fourth-order valence-electron chi connectivity index (χ4n) is 2.61. The van der Waals surface area contributed by atoms with Crippen molar-refractivity contribution in [3.63, 3.8) is 0 Å². The molecule has 9 heteroatoms. The third-order valence-corrected chi connectivity index (χ3v) is 4.78. The molecule has 0 radical (unpaired) electrons. The number of carbonyl (C=O) groups excluding carboxylic acids is 2. The van der Waals surface area contributed by atoms with Gasteiger partial charge in [0.2, 0.25) is 0 Å². The molecule has 0 fully saturated rings. The fraction of sp³-hybridized carbons (Fsp3) is 0.286. The van der Waals surface area contributed by atoms with E-state index in [-0.39, 0.29) is 11.5 Å². The maximum absolute atomic E-state index is 13.0. The quantitative estimate of drug-likeness (QED) is 0.447. The van der Waals surface area contributed by atoms with Crippen LogP contribution < -0.4 is 20.2 Å². The molecule has 0 aliphatic carbocycles. The highest BCUT2D eigenvalue weighted by molar-refractivity contribution is 9.10. The van der Waals surface area contributed by atoms with Crippen molar-refractivity contribution in [1.82, 2.24) is 10.7 Å². The fourth-order valence-corrected chi connectivity index (χ4v) is 3.23. The Morgan fingerprint density at radius 2 is 1.80 bits per heavy atom. The van der Waals surface area contributed by atoms with E-state index in [2.05, 4.69) is 31.8 Å². The average Bonchev–Trinajstić information content (AvgIpc) is 2.71. The molecule has 1 unspecified atom stereocenters. The van der Waals surface area contributed by atoms with Gasteiger partial charge in [-0.25, -0.2) is 9.82 Å². The highest BCUT2D eigenvalue weighted by Gasteiger charge is 2.24. The Morgan fingerprint density at radius 3 is 2.37 bits per heavy atom. The molecule has 30 heavy (non-hydrogen) atoms. The van der Waals surface area contributed by atoms with E-state index in [1.54, 1.807) is 26.0 Å². The molecule has 2 aromatic carbocycles. The van der Waals surface area contributed by atoms with Crippen molar-refractivity contribution in [2.45, 2.75) is 19.9 Å². The molecule has 0 spiro atoms. The Hall–Kier alpha value is -2.94. The standard InChI is InChI=1S/C21H23BrFN3O4/c1-12(2)18(25-20(27)14-5-7-15(23)8-6-14)21(28)26-24-11-13-9-16(22)19(30-4)17(10-13)29-3/h5-12,18H,1-4H3,(H,25,27)(H,26,28)/b24-11+. The SMILES string of the molecule is COc1cc(/C=N/NC(=O)C(NC(=O)c2ccc(F)cc2)C(C)C)cc(Br)c1OC. The zero-order valence-electron chi connectivity index (χ0n) is 17.0. The minimum absolute atomic E-state index is 0.195. The lowest BCUT2D eigenvalue weighted by molar-refractivity contribution is -0.123. The van der Waals surface area contributed by atoms with Crippen LogP contribution in [0.25, 0.3) is 0 Å². The van der Waals surface area contributed by atoms with Crippen LogP contribution in [0, 0.1) is 11.7 Å². The number of nitrogens with zero attached hydrogens (tertiary/aromatic N) is 1. The van der Waals surface area contributed by atoms with Crippen LogP contribution in [-0.4, -0.2) is 38.3 Å². The molecule has 0 heterocycles. The van der Waals surface area contributed by atoms with Gasteiger partial charge in [-0.2, -0.15) is 5.10 Å². The van der Waals surface area contributed by atoms with Crippen LogP contribution in [0.1, 0.15) is 29.8 Å². The topological polar surface area (TPSA) is 89.0 Å². The van der Waals surface area contributed by atoms with Gasteiger partial charge in [-0.05, 0) is 63.8 Å². The number of rotatable bonds is 8. The van der Waals surface area contributed by atoms with Crippen LogP contribution in [0.3, 0.4) is 0 Å². The summed E-state index contributed by atoms with van der Waals surface area (Å²) in [5, 5.41) is 6.62.